The van der Waals surface area contributed by atoms with Crippen LogP contribution in [0.4, 0.5) is 0 Å². The first kappa shape index (κ1) is 113. The molecule has 1 aliphatic rings. The first-order valence-electron chi connectivity index (χ1n) is 44.1. The fraction of sp³-hybridized carbons (Fsp3) is 0.659. The summed E-state index contributed by atoms with van der Waals surface area (Å²) in [4.78, 5) is 267. The van der Waals surface area contributed by atoms with Crippen LogP contribution in [-0.2, 0) is 132 Å². The SMILES string of the molecule is CC(C)C[C@H](NC(=O)[C@@H]1CCCN1C(=O)[C@H](Cc1ccccc1)NC(=O)[C@H](C)NC(=O)[C@H](CCC(=O)OC(C)(C)C)NC(=O)[C@H](C)NC(=O)[C@H](COC(C)(C)C)NC(=O)[C@H](CCC(=O)OC(C)(C)C)NC(=O)[C@H](CC(=O)OC(C)(C)C)NC(=O)[C@H](CCC(=O)OC(C)(C)C)NC(=O)[C@H](C)NC(=O)CN)C(=O)N[C@@H](CCC(=O)OC(C)(C)C)C(=O)N[C@@H](Cc1ccccc1)C(=O)O. The molecule has 0 saturated carbocycles. The minimum Gasteiger partial charge on any atom is -0.480 e. The van der Waals surface area contributed by atoms with E-state index >= 15 is 4.79 Å². The lowest BCUT2D eigenvalue weighted by Crippen LogP contribution is -2.61. The Balaban J connectivity index is 2.05. The maximum Gasteiger partial charge on any atom is 0.326 e. The molecule has 1 saturated heterocycles. The number of carboxylic acid groups (broad SMARTS) is 1. The Hall–Kier alpha value is -11.7. The third kappa shape index (κ3) is 45.6. The molecule has 0 spiro atoms. The van der Waals surface area contributed by atoms with Crippen molar-refractivity contribution < 1.29 is 125 Å². The van der Waals surface area contributed by atoms with Gasteiger partial charge in [0.15, 0.2) is 0 Å². The number of hydrogen-bond acceptors (Lipinski definition) is 26. The van der Waals surface area contributed by atoms with E-state index in [-0.39, 0.29) is 57.4 Å². The number of benzene rings is 2. The number of hydrogen-bond donors (Lipinski definition) is 14. The standard InChI is InChI=1S/C91H142N14O26/c1-51(2)45-61(80(119)98-59(38-42-70(109)129-89(15,16)17)78(117)103-64(85(124)125)47-56-33-28-25-29-34-56)101-83(122)66-35-30-44-105(66)84(123)63(46-55-31-26-24-27-32-55)102-75(114)54(5)94-76(115)57(36-40-68(107)127-87(9,10)11)96-74(113)53(4)95-82(121)65(50-126-86(6,7)8)104-79(118)60(39-43-71(110)130-90(18,19)20)99-81(120)62(48-72(111)131-91(21,22)23)100-77(116)58(37-41-69(108)128-88(12,13)14)97-73(112)52(3)93-67(106)49-92/h24-29,31-34,51-54,57-66H,30,35-50,92H2,1-23H3,(H,93,106)(H,94,115)(H,95,121)(H,96,113)(H,97,112)(H,98,119)(H,99,120)(H,100,116)(H,101,122)(H,102,114)(H,103,117)(H,104,118)(H,124,125)/t52-,53-,54-,57-,58-,59-,60-,61-,62-,63-,64-,65-,66-/m0/s1. The van der Waals surface area contributed by atoms with Crippen LogP contribution in [0.5, 0.6) is 0 Å². The molecule has 131 heavy (non-hydrogen) atoms. The average molecular weight is 1850 g/mol. The maximum atomic E-state index is 15.1. The first-order valence-corrected chi connectivity index (χ1v) is 44.1. The summed E-state index contributed by atoms with van der Waals surface area (Å²) >= 11 is 0. The number of esters is 5. The van der Waals surface area contributed by atoms with Crippen molar-refractivity contribution in [3.8, 4) is 0 Å². The summed E-state index contributed by atoms with van der Waals surface area (Å²) in [5.41, 5.74) is 0.346. The van der Waals surface area contributed by atoms with Crippen LogP contribution < -0.4 is 69.5 Å². The smallest absolute Gasteiger partial charge is 0.326 e. The zero-order valence-corrected chi connectivity index (χ0v) is 80.1. The van der Waals surface area contributed by atoms with Gasteiger partial charge in [0.2, 0.25) is 76.8 Å². The highest BCUT2D eigenvalue weighted by Gasteiger charge is 2.43. The first-order chi connectivity index (χ1) is 60.4. The number of nitrogens with one attached hydrogen (secondary N) is 12. The van der Waals surface area contributed by atoms with E-state index in [0.717, 1.165) is 0 Å². The molecule has 1 aliphatic heterocycles. The van der Waals surface area contributed by atoms with E-state index in [2.05, 4.69) is 63.8 Å². The van der Waals surface area contributed by atoms with Crippen LogP contribution in [0.25, 0.3) is 0 Å². The molecule has 3 rings (SSSR count). The average Bonchev–Trinajstić information content (AvgIpc) is 1.70. The zero-order valence-electron chi connectivity index (χ0n) is 80.1. The van der Waals surface area contributed by atoms with E-state index in [1.165, 1.54) is 46.4 Å². The van der Waals surface area contributed by atoms with Crippen molar-refractivity contribution >= 4 is 113 Å². The summed E-state index contributed by atoms with van der Waals surface area (Å²) in [6.07, 6.45) is -4.78. The summed E-state index contributed by atoms with van der Waals surface area (Å²) in [7, 11) is 0. The number of aliphatic carboxylic acids is 1. The molecule has 13 amide bonds. The van der Waals surface area contributed by atoms with Gasteiger partial charge in [0.1, 0.15) is 107 Å². The molecule has 0 bridgehead atoms. The zero-order chi connectivity index (χ0) is 99.6. The molecule has 0 radical (unpaired) electrons. The normalized spacial score (nSPS) is 15.8. The fourth-order valence-corrected chi connectivity index (χ4v) is 12.9. The third-order valence-electron chi connectivity index (χ3n) is 18.9. The van der Waals surface area contributed by atoms with Crippen molar-refractivity contribution in [1.82, 2.24) is 68.7 Å². The van der Waals surface area contributed by atoms with Crippen LogP contribution in [0.15, 0.2) is 60.7 Å². The van der Waals surface area contributed by atoms with E-state index < -0.39 is 283 Å². The Kier molecular flexibility index (Phi) is 44.8. The predicted molar refractivity (Wildman–Crippen MR) is 478 cm³/mol. The molecule has 40 nitrogen and oxygen atoms in total. The number of ether oxygens (including phenoxy) is 6. The monoisotopic (exact) mass is 1850 g/mol. The molecule has 0 aromatic heterocycles. The van der Waals surface area contributed by atoms with Gasteiger partial charge in [-0.1, -0.05) is 74.5 Å². The van der Waals surface area contributed by atoms with E-state index in [1.807, 2.05) is 0 Å². The molecule has 2 aromatic rings. The lowest BCUT2D eigenvalue weighted by Gasteiger charge is -2.31. The topological polar surface area (TPSA) is 574 Å². The van der Waals surface area contributed by atoms with E-state index in [4.69, 9.17) is 34.2 Å². The number of carbonyl (C=O) groups is 19. The van der Waals surface area contributed by atoms with Crippen LogP contribution >= 0.6 is 0 Å². The van der Waals surface area contributed by atoms with Crippen LogP contribution in [0.2, 0.25) is 0 Å². The fourth-order valence-electron chi connectivity index (χ4n) is 12.9. The number of amides is 13. The lowest BCUT2D eigenvalue weighted by atomic mass is 10.0. The van der Waals surface area contributed by atoms with Gasteiger partial charge >= 0.3 is 35.8 Å². The molecular weight excluding hydrogens is 1710 g/mol. The second-order valence-corrected chi connectivity index (χ2v) is 38.8. The van der Waals surface area contributed by atoms with Crippen molar-refractivity contribution in [3.63, 3.8) is 0 Å². The highest BCUT2D eigenvalue weighted by molar-refractivity contribution is 6.01. The van der Waals surface area contributed by atoms with Gasteiger partial charge in [0.25, 0.3) is 0 Å². The molecule has 1 fully saturated rings. The Morgan fingerprint density at radius 1 is 0.366 bits per heavy atom. The summed E-state index contributed by atoms with van der Waals surface area (Å²) in [5, 5.41) is 40.4. The highest BCUT2D eigenvalue weighted by Crippen LogP contribution is 2.24. The van der Waals surface area contributed by atoms with Gasteiger partial charge in [-0.3, -0.25) is 86.3 Å². The molecule has 0 aliphatic carbocycles. The van der Waals surface area contributed by atoms with Crippen LogP contribution in [0.3, 0.4) is 0 Å². The van der Waals surface area contributed by atoms with Crippen LogP contribution in [0.1, 0.15) is 247 Å². The second kappa shape index (κ2) is 51.8. The molecule has 732 valence electrons. The van der Waals surface area contributed by atoms with Gasteiger partial charge in [0.05, 0.1) is 25.2 Å². The maximum absolute atomic E-state index is 15.1. The molecule has 1 heterocycles. The Labute approximate surface area is 767 Å². The van der Waals surface area contributed by atoms with Gasteiger partial charge in [0, 0.05) is 45.1 Å². The highest BCUT2D eigenvalue weighted by atomic mass is 16.6. The number of carbonyl (C=O) groups excluding carboxylic acids is 18. The minimum atomic E-state index is -1.98. The second-order valence-electron chi connectivity index (χ2n) is 38.8. The quantitative estimate of drug-likeness (QED) is 0.0334. The molecule has 40 heteroatoms. The van der Waals surface area contributed by atoms with Gasteiger partial charge in [-0.05, 0) is 207 Å². The molecule has 2 aromatic carbocycles. The molecule has 13 atom stereocenters. The van der Waals surface area contributed by atoms with Crippen molar-refractivity contribution in [3.05, 3.63) is 71.8 Å². The largest absolute Gasteiger partial charge is 0.480 e. The lowest BCUT2D eigenvalue weighted by molar-refractivity contribution is -0.157. The van der Waals surface area contributed by atoms with Gasteiger partial charge < -0.3 is 108 Å². The number of likely N-dealkylation sites (tertiary alicyclic amines) is 1. The molecule has 0 unspecified atom stereocenters. The van der Waals surface area contributed by atoms with Crippen molar-refractivity contribution in [2.45, 2.75) is 361 Å². The van der Waals surface area contributed by atoms with E-state index in [9.17, 15) is 91.4 Å². The number of rotatable bonds is 48. The van der Waals surface area contributed by atoms with Crippen molar-refractivity contribution in [1.29, 1.82) is 0 Å². The molecular formula is C91H142N14O26. The number of nitrogens with zero attached hydrogens (tertiary/aromatic N) is 1. The Bertz CT molecular complexity index is 4280. The van der Waals surface area contributed by atoms with E-state index in [0.29, 0.717) is 11.1 Å². The summed E-state index contributed by atoms with van der Waals surface area (Å²) in [6, 6.07) is -3.65. The summed E-state index contributed by atoms with van der Waals surface area (Å²) in [6.45, 7) is 34.6. The summed E-state index contributed by atoms with van der Waals surface area (Å²) < 4.78 is 33.4. The van der Waals surface area contributed by atoms with Gasteiger partial charge in [-0.25, -0.2) is 4.79 Å². The Morgan fingerprint density at radius 3 is 1.03 bits per heavy atom. The van der Waals surface area contributed by atoms with Crippen LogP contribution in [0, 0.1) is 5.92 Å². The summed E-state index contributed by atoms with van der Waals surface area (Å²) in [5.74, 6) is -18.8. The third-order valence-corrected chi connectivity index (χ3v) is 18.9. The Morgan fingerprint density at radius 2 is 0.672 bits per heavy atom. The van der Waals surface area contributed by atoms with Gasteiger partial charge in [-0.15, -0.1) is 0 Å². The van der Waals surface area contributed by atoms with Crippen molar-refractivity contribution in [2.24, 2.45) is 11.7 Å². The van der Waals surface area contributed by atoms with Gasteiger partial charge in [-0.2, -0.15) is 0 Å². The van der Waals surface area contributed by atoms with E-state index in [1.54, 1.807) is 178 Å². The number of nitrogens with two attached hydrogens (primary N) is 1. The predicted octanol–water partition coefficient (Wildman–Crippen LogP) is 2.46. The van der Waals surface area contributed by atoms with Crippen LogP contribution in [-0.4, -0.2) is 254 Å². The minimum absolute atomic E-state index is 0.0100. The molecule has 15 N–H and O–H groups in total. The van der Waals surface area contributed by atoms with Crippen molar-refractivity contribution in [2.75, 3.05) is 19.7 Å². The number of carboxylic acids is 1.